The molecule has 2 N–H and O–H groups in total. The summed E-state index contributed by atoms with van der Waals surface area (Å²) in [5.74, 6) is 0.899. The molecule has 144 valence electrons. The molecular formula is C23H25N3O2. The number of para-hydroxylation sites is 1. The summed E-state index contributed by atoms with van der Waals surface area (Å²) in [6.45, 7) is 4.72. The maximum Gasteiger partial charge on any atom is 0.257 e. The van der Waals surface area contributed by atoms with E-state index in [1.54, 1.807) is 7.11 Å². The van der Waals surface area contributed by atoms with Gasteiger partial charge < -0.3 is 19.9 Å². The molecule has 1 amide bonds. The Hall–Kier alpha value is -3.21. The predicted molar refractivity (Wildman–Crippen MR) is 111 cm³/mol. The van der Waals surface area contributed by atoms with Crippen LogP contribution in [-0.2, 0) is 6.42 Å². The van der Waals surface area contributed by atoms with Crippen LogP contribution in [0.3, 0.4) is 0 Å². The van der Waals surface area contributed by atoms with Gasteiger partial charge in [-0.3, -0.25) is 4.79 Å². The zero-order chi connectivity index (χ0) is 19.7. The molecule has 0 saturated carbocycles. The third-order valence-corrected chi connectivity index (χ3v) is 5.31. The van der Waals surface area contributed by atoms with Crippen LogP contribution in [-0.4, -0.2) is 29.4 Å². The molecule has 5 nitrogen and oxygen atoms in total. The normalized spacial score (nSPS) is 15.9. The highest BCUT2D eigenvalue weighted by Gasteiger charge is 2.33. The van der Waals surface area contributed by atoms with Crippen LogP contribution in [0.2, 0.25) is 0 Å². The number of amides is 1. The molecule has 2 heterocycles. The van der Waals surface area contributed by atoms with Crippen LogP contribution in [0.5, 0.6) is 5.75 Å². The summed E-state index contributed by atoms with van der Waals surface area (Å²) in [6.07, 6.45) is 0.587. The molecule has 0 aliphatic carbocycles. The molecule has 1 aliphatic heterocycles. The molecule has 5 heteroatoms. The monoisotopic (exact) mass is 375 g/mol. The molecule has 0 spiro atoms. The number of fused-ring (bicyclic) bond motifs is 1. The fourth-order valence-corrected chi connectivity index (χ4v) is 3.84. The Kier molecular flexibility index (Phi) is 4.82. The van der Waals surface area contributed by atoms with Gasteiger partial charge in [-0.05, 0) is 56.2 Å². The average Bonchev–Trinajstić information content (AvgIpc) is 3.05. The second kappa shape index (κ2) is 7.43. The second-order valence-electron chi connectivity index (χ2n) is 7.22. The largest absolute Gasteiger partial charge is 0.497 e. The molecule has 28 heavy (non-hydrogen) atoms. The summed E-state index contributed by atoms with van der Waals surface area (Å²) in [5.41, 5.74) is 6.06. The first-order valence-corrected chi connectivity index (χ1v) is 9.52. The molecular weight excluding hydrogens is 350 g/mol. The number of carbonyl (C=O) groups excluding carboxylic acids is 1. The zero-order valence-corrected chi connectivity index (χ0v) is 16.5. The Balaban J connectivity index is 1.64. The molecule has 1 aliphatic rings. The lowest BCUT2D eigenvalue weighted by atomic mass is 10.0. The summed E-state index contributed by atoms with van der Waals surface area (Å²) in [7, 11) is 1.66. The molecule has 4 rings (SSSR count). The van der Waals surface area contributed by atoms with Crippen molar-refractivity contribution >= 4 is 11.6 Å². The number of aromatic amines is 1. The molecule has 1 aromatic heterocycles. The summed E-state index contributed by atoms with van der Waals surface area (Å²) < 4.78 is 5.23. The van der Waals surface area contributed by atoms with Crippen LogP contribution in [0.25, 0.3) is 0 Å². The van der Waals surface area contributed by atoms with E-state index < -0.39 is 0 Å². The zero-order valence-electron chi connectivity index (χ0n) is 16.5. The van der Waals surface area contributed by atoms with E-state index in [0.717, 1.165) is 40.4 Å². The van der Waals surface area contributed by atoms with Crippen molar-refractivity contribution in [1.29, 1.82) is 0 Å². The van der Waals surface area contributed by atoms with Crippen molar-refractivity contribution in [3.05, 3.63) is 82.7 Å². The topological polar surface area (TPSA) is 57.4 Å². The van der Waals surface area contributed by atoms with Crippen LogP contribution < -0.4 is 10.1 Å². The molecule has 0 bridgehead atoms. The number of benzene rings is 2. The van der Waals surface area contributed by atoms with E-state index >= 15 is 0 Å². The number of aryl methyl sites for hydroxylation is 2. The van der Waals surface area contributed by atoms with E-state index in [9.17, 15) is 4.79 Å². The summed E-state index contributed by atoms with van der Waals surface area (Å²) >= 11 is 0. The van der Waals surface area contributed by atoms with Gasteiger partial charge in [0.25, 0.3) is 5.91 Å². The quantitative estimate of drug-likeness (QED) is 0.693. The third-order valence-electron chi connectivity index (χ3n) is 5.31. The van der Waals surface area contributed by atoms with Crippen molar-refractivity contribution in [3.63, 3.8) is 0 Å². The van der Waals surface area contributed by atoms with Crippen molar-refractivity contribution in [2.75, 3.05) is 19.0 Å². The van der Waals surface area contributed by atoms with Crippen molar-refractivity contribution in [2.24, 2.45) is 0 Å². The van der Waals surface area contributed by atoms with Gasteiger partial charge in [0.2, 0.25) is 0 Å². The Bertz CT molecular complexity index is 991. The SMILES string of the molecule is COc1ccc(CCN2C(=O)c3ccccc3N[C@H]2c2cc(C)[nH]c2C)cc1. The number of nitrogens with one attached hydrogen (secondary N) is 2. The number of methoxy groups -OCH3 is 1. The molecule has 3 aromatic rings. The number of ether oxygens (including phenoxy) is 1. The van der Waals surface area contributed by atoms with E-state index in [-0.39, 0.29) is 12.1 Å². The number of aromatic nitrogens is 1. The van der Waals surface area contributed by atoms with Crippen LogP contribution in [0.15, 0.2) is 54.6 Å². The number of hydrogen-bond acceptors (Lipinski definition) is 3. The van der Waals surface area contributed by atoms with Crippen molar-refractivity contribution in [2.45, 2.75) is 26.4 Å². The van der Waals surface area contributed by atoms with E-state index in [1.807, 2.05) is 48.2 Å². The standard InChI is InChI=1S/C23H25N3O2/c1-15-14-20(16(2)24-15)22-25-21-7-5-4-6-19(21)23(27)26(22)13-12-17-8-10-18(28-3)11-9-17/h4-11,14,22,24-25H,12-13H2,1-3H3/t22-/m1/s1. The van der Waals surface area contributed by atoms with Crippen LogP contribution in [0.4, 0.5) is 5.69 Å². The maximum absolute atomic E-state index is 13.3. The molecule has 1 atom stereocenters. The first-order chi connectivity index (χ1) is 13.6. The highest BCUT2D eigenvalue weighted by Crippen LogP contribution is 2.34. The Morgan fingerprint density at radius 3 is 2.50 bits per heavy atom. The van der Waals surface area contributed by atoms with Gasteiger partial charge in [0.05, 0.1) is 12.7 Å². The van der Waals surface area contributed by atoms with Gasteiger partial charge in [0.15, 0.2) is 0 Å². The van der Waals surface area contributed by atoms with Crippen LogP contribution in [0.1, 0.15) is 39.0 Å². The second-order valence-corrected chi connectivity index (χ2v) is 7.22. The maximum atomic E-state index is 13.3. The lowest BCUT2D eigenvalue weighted by molar-refractivity contribution is 0.0685. The highest BCUT2D eigenvalue weighted by atomic mass is 16.5. The first kappa shape index (κ1) is 18.2. The smallest absolute Gasteiger partial charge is 0.257 e. The first-order valence-electron chi connectivity index (χ1n) is 9.52. The van der Waals surface area contributed by atoms with E-state index in [0.29, 0.717) is 6.54 Å². The van der Waals surface area contributed by atoms with Crippen molar-refractivity contribution in [3.8, 4) is 5.75 Å². The number of H-pyrrole nitrogens is 1. The molecule has 0 fully saturated rings. The Morgan fingerprint density at radius 2 is 1.82 bits per heavy atom. The van der Waals surface area contributed by atoms with Crippen LogP contribution in [0, 0.1) is 13.8 Å². The van der Waals surface area contributed by atoms with Gasteiger partial charge in [0.1, 0.15) is 11.9 Å². The number of carbonyl (C=O) groups is 1. The molecule has 0 radical (unpaired) electrons. The molecule has 2 aromatic carbocycles. The number of nitrogens with zero attached hydrogens (tertiary/aromatic N) is 1. The molecule has 0 saturated heterocycles. The Morgan fingerprint density at radius 1 is 1.07 bits per heavy atom. The predicted octanol–water partition coefficient (Wildman–Crippen LogP) is 4.45. The number of hydrogen-bond donors (Lipinski definition) is 2. The lowest BCUT2D eigenvalue weighted by Gasteiger charge is -2.38. The van der Waals surface area contributed by atoms with Gasteiger partial charge in [-0.15, -0.1) is 0 Å². The lowest BCUT2D eigenvalue weighted by Crippen LogP contribution is -2.44. The van der Waals surface area contributed by atoms with Crippen molar-refractivity contribution < 1.29 is 9.53 Å². The summed E-state index contributed by atoms with van der Waals surface area (Å²) in [4.78, 5) is 18.6. The van der Waals surface area contributed by atoms with Gasteiger partial charge in [-0.2, -0.15) is 0 Å². The summed E-state index contributed by atoms with van der Waals surface area (Å²) in [5, 5.41) is 3.57. The third kappa shape index (κ3) is 3.36. The van der Waals surface area contributed by atoms with Crippen molar-refractivity contribution in [1.82, 2.24) is 9.88 Å². The van der Waals surface area contributed by atoms with E-state index in [2.05, 4.69) is 35.4 Å². The number of rotatable bonds is 5. The van der Waals surface area contributed by atoms with E-state index in [4.69, 9.17) is 4.74 Å². The fraction of sp³-hybridized carbons (Fsp3) is 0.261. The van der Waals surface area contributed by atoms with Gasteiger partial charge in [-0.1, -0.05) is 24.3 Å². The minimum atomic E-state index is -0.189. The van der Waals surface area contributed by atoms with Gasteiger partial charge in [0, 0.05) is 29.2 Å². The molecule has 0 unspecified atom stereocenters. The minimum absolute atomic E-state index is 0.0612. The summed E-state index contributed by atoms with van der Waals surface area (Å²) in [6, 6.07) is 17.9. The van der Waals surface area contributed by atoms with Gasteiger partial charge in [-0.25, -0.2) is 0 Å². The average molecular weight is 375 g/mol. The Labute approximate surface area is 165 Å². The van der Waals surface area contributed by atoms with Gasteiger partial charge >= 0.3 is 0 Å². The minimum Gasteiger partial charge on any atom is -0.497 e. The van der Waals surface area contributed by atoms with E-state index in [1.165, 1.54) is 5.56 Å². The number of anilines is 1. The highest BCUT2D eigenvalue weighted by molar-refractivity contribution is 6.01. The fourth-order valence-electron chi connectivity index (χ4n) is 3.84. The van der Waals surface area contributed by atoms with Crippen LogP contribution >= 0.6 is 0 Å².